The third kappa shape index (κ3) is 7.06. The first-order valence-electron chi connectivity index (χ1n) is 12.5. The Kier molecular flexibility index (Phi) is 9.36. The van der Waals surface area contributed by atoms with Crippen molar-refractivity contribution in [3.63, 3.8) is 0 Å². The lowest BCUT2D eigenvalue weighted by Gasteiger charge is -2.51. The van der Waals surface area contributed by atoms with Crippen LogP contribution in [0.15, 0.2) is 48.5 Å². The first-order chi connectivity index (χ1) is 17.3. The summed E-state index contributed by atoms with van der Waals surface area (Å²) in [5.74, 6) is -1.97. The summed E-state index contributed by atoms with van der Waals surface area (Å²) in [5.41, 5.74) is 0.443. The van der Waals surface area contributed by atoms with Crippen molar-refractivity contribution in [1.29, 1.82) is 0 Å². The van der Waals surface area contributed by atoms with E-state index in [1.165, 1.54) is 0 Å². The number of carbonyl (C=O) groups is 2. The van der Waals surface area contributed by atoms with Gasteiger partial charge in [-0.3, -0.25) is 9.59 Å². The molecule has 4 atom stereocenters. The third-order valence-corrected chi connectivity index (χ3v) is 9.58. The van der Waals surface area contributed by atoms with Crippen LogP contribution < -0.4 is 0 Å². The highest BCUT2D eigenvalue weighted by atomic mass is 35.5. The van der Waals surface area contributed by atoms with Gasteiger partial charge >= 0.3 is 5.97 Å². The van der Waals surface area contributed by atoms with Crippen molar-refractivity contribution >= 4 is 44.9 Å². The van der Waals surface area contributed by atoms with E-state index in [4.69, 9.17) is 23.2 Å². The maximum Gasteiger partial charge on any atom is 0.304 e. The van der Waals surface area contributed by atoms with Crippen molar-refractivity contribution in [3.8, 4) is 0 Å². The summed E-state index contributed by atoms with van der Waals surface area (Å²) in [6.07, 6.45) is 0.317. The number of piperidine rings is 1. The first-order valence-corrected chi connectivity index (χ1v) is 15.1. The number of amides is 1. The Morgan fingerprint density at radius 3 is 2.27 bits per heavy atom. The van der Waals surface area contributed by atoms with E-state index in [0.717, 1.165) is 11.1 Å². The third-order valence-electron chi connectivity index (χ3n) is 7.03. The second-order valence-corrected chi connectivity index (χ2v) is 13.8. The van der Waals surface area contributed by atoms with Gasteiger partial charge in [0, 0.05) is 22.0 Å². The number of benzene rings is 2. The number of hydrogen-bond acceptors (Lipinski definition) is 4. The summed E-state index contributed by atoms with van der Waals surface area (Å²) in [6.45, 7) is 7.22. The van der Waals surface area contributed by atoms with E-state index in [9.17, 15) is 23.1 Å². The van der Waals surface area contributed by atoms with Gasteiger partial charge in [-0.25, -0.2) is 8.42 Å². The van der Waals surface area contributed by atoms with Gasteiger partial charge in [-0.2, -0.15) is 0 Å². The molecule has 9 heteroatoms. The molecular formula is C28H35Cl2NO5S. The van der Waals surface area contributed by atoms with Crippen LogP contribution in [0.25, 0.3) is 0 Å². The van der Waals surface area contributed by atoms with Crippen molar-refractivity contribution < 1.29 is 23.1 Å². The molecule has 0 aliphatic carbocycles. The highest BCUT2D eigenvalue weighted by Crippen LogP contribution is 2.52. The largest absolute Gasteiger partial charge is 0.481 e. The van der Waals surface area contributed by atoms with E-state index in [-0.39, 0.29) is 42.1 Å². The zero-order valence-corrected chi connectivity index (χ0v) is 24.0. The summed E-state index contributed by atoms with van der Waals surface area (Å²) in [4.78, 5) is 27.8. The molecule has 2 aromatic carbocycles. The van der Waals surface area contributed by atoms with Crippen LogP contribution in [0.3, 0.4) is 0 Å². The van der Waals surface area contributed by atoms with Gasteiger partial charge in [-0.15, -0.1) is 0 Å². The van der Waals surface area contributed by atoms with E-state index in [0.29, 0.717) is 16.5 Å². The second-order valence-electron chi connectivity index (χ2n) is 10.7. The number of aliphatic carboxylic acids is 1. The Bertz CT molecular complexity index is 1230. The molecule has 0 unspecified atom stereocenters. The molecular weight excluding hydrogens is 533 g/mol. The Balaban J connectivity index is 2.23. The number of carboxylic acids is 1. The molecule has 2 aromatic rings. The van der Waals surface area contributed by atoms with Gasteiger partial charge in [0.1, 0.15) is 0 Å². The number of carbonyl (C=O) groups excluding carboxylic acids is 1. The van der Waals surface area contributed by atoms with E-state index < -0.39 is 33.3 Å². The van der Waals surface area contributed by atoms with Gasteiger partial charge in [0.05, 0.1) is 29.4 Å². The van der Waals surface area contributed by atoms with Gasteiger partial charge < -0.3 is 10.0 Å². The number of hydrogen-bond donors (Lipinski definition) is 1. The van der Waals surface area contributed by atoms with Gasteiger partial charge in [0.25, 0.3) is 0 Å². The Hall–Kier alpha value is -2.09. The molecule has 1 aliphatic heterocycles. The number of carboxylic acid groups (broad SMARTS) is 1. The molecule has 1 amide bonds. The van der Waals surface area contributed by atoms with Gasteiger partial charge in [-0.05, 0) is 54.2 Å². The monoisotopic (exact) mass is 567 g/mol. The van der Waals surface area contributed by atoms with Crippen LogP contribution in [0, 0.1) is 11.3 Å². The fourth-order valence-electron chi connectivity index (χ4n) is 5.54. The van der Waals surface area contributed by atoms with Crippen molar-refractivity contribution in [2.75, 3.05) is 11.5 Å². The molecule has 0 saturated carbocycles. The minimum absolute atomic E-state index is 0.0151. The molecule has 0 radical (unpaired) electrons. The minimum Gasteiger partial charge on any atom is -0.481 e. The van der Waals surface area contributed by atoms with Crippen LogP contribution in [0.4, 0.5) is 0 Å². The fraction of sp³-hybridized carbons (Fsp3) is 0.500. The molecule has 0 spiro atoms. The van der Waals surface area contributed by atoms with E-state index in [1.54, 1.807) is 30.0 Å². The number of rotatable bonds is 10. The van der Waals surface area contributed by atoms with Crippen molar-refractivity contribution in [3.05, 3.63) is 69.7 Å². The topological polar surface area (TPSA) is 91.8 Å². The average Bonchev–Trinajstić information content (AvgIpc) is 2.78. The lowest BCUT2D eigenvalue weighted by atomic mass is 9.67. The normalized spacial score (nSPS) is 23.3. The van der Waals surface area contributed by atoms with Gasteiger partial charge in [0.2, 0.25) is 5.91 Å². The molecule has 1 fully saturated rings. The highest BCUT2D eigenvalue weighted by Gasteiger charge is 2.52. The molecule has 6 nitrogen and oxygen atoms in total. The Morgan fingerprint density at radius 1 is 1.08 bits per heavy atom. The van der Waals surface area contributed by atoms with Crippen LogP contribution in [-0.2, 0) is 19.4 Å². The minimum atomic E-state index is -3.48. The molecule has 1 N–H and O–H groups in total. The zero-order chi connectivity index (χ0) is 27.5. The fourth-order valence-corrected chi connectivity index (χ4v) is 8.00. The lowest BCUT2D eigenvalue weighted by Crippen LogP contribution is -2.57. The predicted molar refractivity (Wildman–Crippen MR) is 148 cm³/mol. The average molecular weight is 569 g/mol. The summed E-state index contributed by atoms with van der Waals surface area (Å²) >= 11 is 12.5. The molecule has 1 aliphatic rings. The van der Waals surface area contributed by atoms with Crippen molar-refractivity contribution in [2.24, 2.45) is 11.3 Å². The van der Waals surface area contributed by atoms with E-state index in [1.807, 2.05) is 51.1 Å². The lowest BCUT2D eigenvalue weighted by molar-refractivity contribution is -0.160. The summed E-state index contributed by atoms with van der Waals surface area (Å²) in [7, 11) is -3.48. The quantitative estimate of drug-likeness (QED) is 0.359. The van der Waals surface area contributed by atoms with Crippen molar-refractivity contribution in [2.45, 2.75) is 65.0 Å². The number of likely N-dealkylation sites (tertiary alicyclic amines) is 1. The molecule has 37 heavy (non-hydrogen) atoms. The first kappa shape index (κ1) is 29.5. The summed E-state index contributed by atoms with van der Waals surface area (Å²) in [6, 6.07) is 13.4. The predicted octanol–water partition coefficient (Wildman–Crippen LogP) is 6.38. The molecule has 0 aromatic heterocycles. The zero-order valence-electron chi connectivity index (χ0n) is 21.7. The number of nitrogens with zero attached hydrogens (tertiary/aromatic N) is 1. The van der Waals surface area contributed by atoms with Crippen LogP contribution in [0.2, 0.25) is 10.0 Å². The maximum absolute atomic E-state index is 14.2. The Labute approximate surface area is 229 Å². The highest BCUT2D eigenvalue weighted by molar-refractivity contribution is 7.91. The Morgan fingerprint density at radius 2 is 1.73 bits per heavy atom. The van der Waals surface area contributed by atoms with Crippen molar-refractivity contribution in [1.82, 2.24) is 4.90 Å². The van der Waals surface area contributed by atoms with Crippen LogP contribution in [-0.4, -0.2) is 47.8 Å². The molecule has 202 valence electrons. The van der Waals surface area contributed by atoms with Crippen LogP contribution in [0.5, 0.6) is 0 Å². The molecule has 1 saturated heterocycles. The summed E-state index contributed by atoms with van der Waals surface area (Å²) < 4.78 is 26.2. The van der Waals surface area contributed by atoms with Crippen LogP contribution >= 0.6 is 23.2 Å². The maximum atomic E-state index is 14.2. The second kappa shape index (κ2) is 11.7. The van der Waals surface area contributed by atoms with Gasteiger partial charge in [-0.1, -0.05) is 75.2 Å². The molecule has 0 bridgehead atoms. The SMILES string of the molecule is CC[C@@H](CS(=O)(=O)CC(C)C)N1C(=O)[C@](C)(CC(=O)O)C[C@H](c2cccc(Cl)c2)[C@H]1c1ccc(Cl)cc1. The number of halogens is 2. The number of sulfone groups is 1. The van der Waals surface area contributed by atoms with Gasteiger partial charge in [0.15, 0.2) is 9.84 Å². The summed E-state index contributed by atoms with van der Waals surface area (Å²) in [5, 5.41) is 10.8. The van der Waals surface area contributed by atoms with E-state index >= 15 is 0 Å². The van der Waals surface area contributed by atoms with Crippen LogP contribution in [0.1, 0.15) is 70.0 Å². The standard InChI is InChI=1S/C28H35Cl2NO5S/c1-5-23(17-37(35,36)16-18(2)3)31-26(19-9-11-21(29)12-10-19)24(20-7-6-8-22(30)13-20)14-28(4,27(31)34)15-25(32)33/h6-13,18,23-24,26H,5,14-17H2,1-4H3,(H,32,33)/t23-,24+,26+,28-/m0/s1. The van der Waals surface area contributed by atoms with E-state index in [2.05, 4.69) is 0 Å². The smallest absolute Gasteiger partial charge is 0.304 e. The molecule has 1 heterocycles. The molecule has 3 rings (SSSR count).